The summed E-state index contributed by atoms with van der Waals surface area (Å²) in [4.78, 5) is 55.4. The molecule has 0 radical (unpaired) electrons. The van der Waals surface area contributed by atoms with Crippen molar-refractivity contribution in [3.05, 3.63) is 56.6 Å². The number of amides is 3. The summed E-state index contributed by atoms with van der Waals surface area (Å²) in [5.41, 5.74) is 0.479. The summed E-state index contributed by atoms with van der Waals surface area (Å²) in [6, 6.07) is 7.08. The largest absolute Gasteiger partial charge is 0.494 e. The summed E-state index contributed by atoms with van der Waals surface area (Å²) in [7, 11) is 1.32. The predicted molar refractivity (Wildman–Crippen MR) is 125 cm³/mol. The number of fused-ring (bicyclic) bond motifs is 7. The van der Waals surface area contributed by atoms with E-state index in [4.69, 9.17) is 16.3 Å². The molecule has 2 aromatic carbocycles. The van der Waals surface area contributed by atoms with Gasteiger partial charge in [-0.05, 0) is 44.0 Å². The molecule has 4 aliphatic rings. The molecule has 4 aliphatic heterocycles. The molecule has 3 saturated heterocycles. The van der Waals surface area contributed by atoms with E-state index in [1.807, 2.05) is 17.9 Å². The Kier molecular flexibility index (Phi) is 4.56. The molecule has 0 bridgehead atoms. The van der Waals surface area contributed by atoms with Crippen LogP contribution in [0, 0.1) is 28.9 Å². The Balaban J connectivity index is 1.55. The summed E-state index contributed by atoms with van der Waals surface area (Å²) in [6.07, 6.45) is 1.47. The highest BCUT2D eigenvalue weighted by atomic mass is 35.5. The van der Waals surface area contributed by atoms with Crippen molar-refractivity contribution in [3.63, 3.8) is 0 Å². The summed E-state index contributed by atoms with van der Waals surface area (Å²) in [5.74, 6) is -2.98. The van der Waals surface area contributed by atoms with Gasteiger partial charge < -0.3 is 10.1 Å². The van der Waals surface area contributed by atoms with Crippen molar-refractivity contribution < 1.29 is 24.0 Å². The predicted octanol–water partition coefficient (Wildman–Crippen LogP) is 3.00. The van der Waals surface area contributed by atoms with Gasteiger partial charge in [-0.25, -0.2) is 4.90 Å². The van der Waals surface area contributed by atoms with Gasteiger partial charge in [0.2, 0.25) is 11.8 Å². The Hall–Kier alpha value is -3.50. The quantitative estimate of drug-likeness (QED) is 0.393. The van der Waals surface area contributed by atoms with Gasteiger partial charge in [-0.2, -0.15) is 0 Å². The molecule has 4 atom stereocenters. The minimum atomic E-state index is -1.35. The highest BCUT2D eigenvalue weighted by Crippen LogP contribution is 2.61. The van der Waals surface area contributed by atoms with E-state index in [9.17, 15) is 24.5 Å². The topological polar surface area (TPSA) is 122 Å². The van der Waals surface area contributed by atoms with Crippen LogP contribution < -0.4 is 15.0 Å². The molecule has 0 aromatic heterocycles. The Morgan fingerprint density at radius 2 is 1.97 bits per heavy atom. The molecule has 35 heavy (non-hydrogen) atoms. The summed E-state index contributed by atoms with van der Waals surface area (Å²) in [5, 5.41) is 14.5. The third-order valence-corrected chi connectivity index (χ3v) is 8.11. The number of ether oxygens (including phenoxy) is 1. The van der Waals surface area contributed by atoms with E-state index in [0.717, 1.165) is 16.9 Å². The summed E-state index contributed by atoms with van der Waals surface area (Å²) in [6.45, 7) is 2.45. The van der Waals surface area contributed by atoms with Gasteiger partial charge in [-0.1, -0.05) is 17.7 Å². The normalized spacial score (nSPS) is 28.9. The van der Waals surface area contributed by atoms with Gasteiger partial charge in [0.15, 0.2) is 0 Å². The minimum Gasteiger partial charge on any atom is -0.494 e. The van der Waals surface area contributed by atoms with E-state index >= 15 is 0 Å². The second kappa shape index (κ2) is 7.25. The zero-order valence-electron chi connectivity index (χ0n) is 18.9. The van der Waals surface area contributed by atoms with Crippen molar-refractivity contribution in [1.29, 1.82) is 0 Å². The lowest BCUT2D eigenvalue weighted by Crippen LogP contribution is -2.54. The number of imide groups is 1. The van der Waals surface area contributed by atoms with Crippen molar-refractivity contribution in [2.24, 2.45) is 11.8 Å². The molecule has 4 heterocycles. The number of halogens is 1. The summed E-state index contributed by atoms with van der Waals surface area (Å²) >= 11 is 6.49. The lowest BCUT2D eigenvalue weighted by Gasteiger charge is -2.36. The van der Waals surface area contributed by atoms with Crippen LogP contribution in [0.2, 0.25) is 5.02 Å². The lowest BCUT2D eigenvalue weighted by atomic mass is 9.75. The molecule has 0 aliphatic carbocycles. The van der Waals surface area contributed by atoms with Crippen LogP contribution in [0.1, 0.15) is 24.0 Å². The number of non-ortho nitro benzene ring substituents is 1. The Morgan fingerprint density at radius 3 is 2.69 bits per heavy atom. The van der Waals surface area contributed by atoms with Crippen LogP contribution >= 0.6 is 11.6 Å². The van der Waals surface area contributed by atoms with E-state index in [1.54, 1.807) is 6.07 Å². The van der Waals surface area contributed by atoms with E-state index < -0.39 is 34.1 Å². The Bertz CT molecular complexity index is 1360. The van der Waals surface area contributed by atoms with Crippen molar-refractivity contribution in [1.82, 2.24) is 4.90 Å². The maximum Gasteiger partial charge on any atom is 0.273 e. The zero-order chi connectivity index (χ0) is 24.8. The first-order valence-corrected chi connectivity index (χ1v) is 11.7. The fourth-order valence-electron chi connectivity index (χ4n) is 6.60. The average molecular weight is 497 g/mol. The standard InChI is InChI=1S/C24H21ClN4O6/c1-11-8-13-20(14(25)9-11)26-23(32)24(13)19-18(16-4-3-7-27(16)24)21(30)28(22(19)31)15-6-5-12(29(33)34)10-17(15)35-2/h5-6,8-10,16,18-19H,3-4,7H2,1-2H3,(H,26,32)/t16-,18-,19-,24-/m1/s1. The fraction of sp³-hybridized carbons (Fsp3) is 0.375. The van der Waals surface area contributed by atoms with Gasteiger partial charge >= 0.3 is 0 Å². The molecule has 10 nitrogen and oxygen atoms in total. The van der Waals surface area contributed by atoms with Gasteiger partial charge in [0.05, 0.1) is 46.3 Å². The lowest BCUT2D eigenvalue weighted by molar-refractivity contribution is -0.384. The number of nitro benzene ring substituents is 1. The van der Waals surface area contributed by atoms with Crippen LogP contribution in [0.4, 0.5) is 17.1 Å². The maximum atomic E-state index is 14.1. The number of carbonyl (C=O) groups excluding carboxylic acids is 3. The zero-order valence-corrected chi connectivity index (χ0v) is 19.7. The monoisotopic (exact) mass is 496 g/mol. The van der Waals surface area contributed by atoms with Gasteiger partial charge in [-0.15, -0.1) is 0 Å². The minimum absolute atomic E-state index is 0.0355. The van der Waals surface area contributed by atoms with Crippen LogP contribution in [0.25, 0.3) is 0 Å². The van der Waals surface area contributed by atoms with Crippen molar-refractivity contribution >= 4 is 46.4 Å². The number of nitrogens with zero attached hydrogens (tertiary/aromatic N) is 3. The fourth-order valence-corrected chi connectivity index (χ4v) is 6.92. The maximum absolute atomic E-state index is 14.1. The molecular formula is C24H21ClN4O6. The molecule has 1 N–H and O–H groups in total. The SMILES string of the molecule is COc1cc([N+](=O)[O-])ccc1N1C(=O)[C@@H]2[C@H]3CCCN3[C@@]3(C(=O)Nc4c(Cl)cc(C)cc43)[C@H]2C1=O. The number of anilines is 2. The van der Waals surface area contributed by atoms with Crippen molar-refractivity contribution in [2.75, 3.05) is 23.9 Å². The molecular weight excluding hydrogens is 476 g/mol. The molecule has 1 spiro atoms. The second-order valence-corrected chi connectivity index (χ2v) is 9.83. The number of hydrogen-bond acceptors (Lipinski definition) is 7. The van der Waals surface area contributed by atoms with E-state index in [0.29, 0.717) is 29.2 Å². The van der Waals surface area contributed by atoms with Crippen LogP contribution in [0.15, 0.2) is 30.3 Å². The summed E-state index contributed by atoms with van der Waals surface area (Å²) < 4.78 is 5.32. The molecule has 2 aromatic rings. The number of nitrogens with one attached hydrogen (secondary N) is 1. The van der Waals surface area contributed by atoms with Gasteiger partial charge in [-0.3, -0.25) is 29.4 Å². The van der Waals surface area contributed by atoms with Crippen LogP contribution in [-0.4, -0.2) is 47.2 Å². The van der Waals surface area contributed by atoms with Gasteiger partial charge in [0.25, 0.3) is 11.6 Å². The number of methoxy groups -OCH3 is 1. The van der Waals surface area contributed by atoms with Crippen molar-refractivity contribution in [2.45, 2.75) is 31.3 Å². The first kappa shape index (κ1) is 22.0. The number of hydrogen-bond donors (Lipinski definition) is 1. The number of rotatable bonds is 3. The van der Waals surface area contributed by atoms with Gasteiger partial charge in [0, 0.05) is 17.7 Å². The molecule has 3 fully saturated rings. The average Bonchev–Trinajstić information content (AvgIpc) is 3.52. The Morgan fingerprint density at radius 1 is 1.20 bits per heavy atom. The molecule has 0 saturated carbocycles. The number of aryl methyl sites for hydroxylation is 1. The molecule has 3 amide bonds. The van der Waals surface area contributed by atoms with Gasteiger partial charge in [0.1, 0.15) is 11.3 Å². The molecule has 180 valence electrons. The van der Waals surface area contributed by atoms with Crippen LogP contribution in [0.3, 0.4) is 0 Å². The first-order valence-electron chi connectivity index (χ1n) is 11.3. The molecule has 6 rings (SSSR count). The second-order valence-electron chi connectivity index (χ2n) is 9.42. The third kappa shape index (κ3) is 2.61. The van der Waals surface area contributed by atoms with E-state index in [-0.39, 0.29) is 29.1 Å². The smallest absolute Gasteiger partial charge is 0.273 e. The van der Waals surface area contributed by atoms with E-state index in [1.165, 1.54) is 25.3 Å². The first-order chi connectivity index (χ1) is 16.7. The molecule has 0 unspecified atom stereocenters. The highest BCUT2D eigenvalue weighted by Gasteiger charge is 2.75. The van der Waals surface area contributed by atoms with E-state index in [2.05, 4.69) is 5.32 Å². The number of carbonyl (C=O) groups is 3. The number of benzene rings is 2. The highest BCUT2D eigenvalue weighted by molar-refractivity contribution is 6.35. The van der Waals surface area contributed by atoms with Crippen molar-refractivity contribution in [3.8, 4) is 5.75 Å². The third-order valence-electron chi connectivity index (χ3n) is 7.81. The number of nitro groups is 1. The molecule has 11 heteroatoms. The van der Waals surface area contributed by atoms with Crippen LogP contribution in [-0.2, 0) is 19.9 Å². The Labute approximate surface area is 204 Å². The van der Waals surface area contributed by atoms with Crippen LogP contribution in [0.5, 0.6) is 5.75 Å².